The summed E-state index contributed by atoms with van der Waals surface area (Å²) < 4.78 is 36.7. The van der Waals surface area contributed by atoms with Crippen molar-refractivity contribution in [2.24, 2.45) is 5.73 Å². The molecule has 0 unspecified atom stereocenters. The van der Waals surface area contributed by atoms with Gasteiger partial charge in [-0.05, 0) is 12.1 Å². The largest absolute Gasteiger partial charge is 0.506 e. The van der Waals surface area contributed by atoms with E-state index in [0.29, 0.717) is 6.07 Å². The molecular formula is C8H7ClF3NO. The topological polar surface area (TPSA) is 46.2 Å². The van der Waals surface area contributed by atoms with Crippen molar-refractivity contribution in [1.29, 1.82) is 0 Å². The van der Waals surface area contributed by atoms with E-state index < -0.39 is 17.5 Å². The van der Waals surface area contributed by atoms with Crippen molar-refractivity contribution in [3.05, 3.63) is 28.3 Å². The van der Waals surface area contributed by atoms with Gasteiger partial charge in [0.15, 0.2) is 0 Å². The van der Waals surface area contributed by atoms with Gasteiger partial charge in [-0.3, -0.25) is 0 Å². The van der Waals surface area contributed by atoms with E-state index in [1.807, 2.05) is 0 Å². The van der Waals surface area contributed by atoms with Gasteiger partial charge in [0.1, 0.15) is 5.75 Å². The second-order valence-electron chi connectivity index (χ2n) is 2.67. The predicted octanol–water partition coefficient (Wildman–Crippen LogP) is 2.52. The van der Waals surface area contributed by atoms with Gasteiger partial charge in [0.05, 0.1) is 10.6 Å². The minimum atomic E-state index is -4.48. The molecule has 0 bridgehead atoms. The number of rotatable bonds is 1. The Hall–Kier alpha value is -0.940. The molecule has 78 valence electrons. The Bertz CT molecular complexity index is 351. The number of phenolic OH excluding ortho intramolecular Hbond substituents is 1. The molecule has 0 saturated heterocycles. The molecule has 1 aromatic rings. The van der Waals surface area contributed by atoms with Crippen LogP contribution in [0, 0.1) is 0 Å². The lowest BCUT2D eigenvalue weighted by atomic mass is 10.1. The Morgan fingerprint density at radius 1 is 1.36 bits per heavy atom. The summed E-state index contributed by atoms with van der Waals surface area (Å²) in [4.78, 5) is 0. The van der Waals surface area contributed by atoms with E-state index in [0.717, 1.165) is 6.07 Å². The van der Waals surface area contributed by atoms with E-state index in [2.05, 4.69) is 0 Å². The van der Waals surface area contributed by atoms with Crippen molar-refractivity contribution in [2.45, 2.75) is 12.7 Å². The normalized spacial score (nSPS) is 11.8. The molecule has 0 aromatic heterocycles. The quantitative estimate of drug-likeness (QED) is 0.772. The van der Waals surface area contributed by atoms with Crippen LogP contribution in [0.3, 0.4) is 0 Å². The maximum absolute atomic E-state index is 12.2. The highest BCUT2D eigenvalue weighted by Crippen LogP contribution is 2.36. The average molecular weight is 226 g/mol. The lowest BCUT2D eigenvalue weighted by Crippen LogP contribution is -2.07. The maximum atomic E-state index is 12.2. The molecule has 0 amide bonds. The molecule has 0 atom stereocenters. The van der Waals surface area contributed by atoms with Gasteiger partial charge in [0.25, 0.3) is 0 Å². The van der Waals surface area contributed by atoms with Crippen LogP contribution in [0.5, 0.6) is 5.75 Å². The highest BCUT2D eigenvalue weighted by atomic mass is 35.5. The van der Waals surface area contributed by atoms with Crippen molar-refractivity contribution in [1.82, 2.24) is 0 Å². The highest BCUT2D eigenvalue weighted by molar-refractivity contribution is 6.32. The number of phenols is 1. The zero-order valence-corrected chi connectivity index (χ0v) is 7.65. The fraction of sp³-hybridized carbons (Fsp3) is 0.250. The number of alkyl halides is 3. The third kappa shape index (κ3) is 2.10. The lowest BCUT2D eigenvalue weighted by Gasteiger charge is -2.10. The summed E-state index contributed by atoms with van der Waals surface area (Å²) in [5, 5.41) is 8.86. The van der Waals surface area contributed by atoms with Crippen molar-refractivity contribution in [2.75, 3.05) is 0 Å². The van der Waals surface area contributed by atoms with E-state index in [1.165, 1.54) is 0 Å². The summed E-state index contributed by atoms with van der Waals surface area (Å²) in [5.41, 5.74) is 4.21. The van der Waals surface area contributed by atoms with Crippen LogP contribution in [0.25, 0.3) is 0 Å². The van der Waals surface area contributed by atoms with E-state index in [1.54, 1.807) is 0 Å². The maximum Gasteiger partial charge on any atom is 0.416 e. The molecular weight excluding hydrogens is 219 g/mol. The first kappa shape index (κ1) is 11.1. The molecule has 3 N–H and O–H groups in total. The van der Waals surface area contributed by atoms with Gasteiger partial charge in [-0.15, -0.1) is 0 Å². The second-order valence-corrected chi connectivity index (χ2v) is 3.07. The molecule has 0 spiro atoms. The molecule has 1 rings (SSSR count). The summed E-state index contributed by atoms with van der Waals surface area (Å²) in [6, 6.07) is 1.44. The fourth-order valence-electron chi connectivity index (χ4n) is 0.975. The van der Waals surface area contributed by atoms with Crippen molar-refractivity contribution < 1.29 is 18.3 Å². The SMILES string of the molecule is NCc1cc(C(F)(F)F)cc(Cl)c1O. The number of hydrogen-bond acceptors (Lipinski definition) is 2. The smallest absolute Gasteiger partial charge is 0.416 e. The first-order valence-corrected chi connectivity index (χ1v) is 4.02. The van der Waals surface area contributed by atoms with Gasteiger partial charge in [0, 0.05) is 12.1 Å². The van der Waals surface area contributed by atoms with Crippen molar-refractivity contribution in [3.8, 4) is 5.75 Å². The first-order valence-electron chi connectivity index (χ1n) is 3.65. The predicted molar refractivity (Wildman–Crippen MR) is 46.0 cm³/mol. The van der Waals surface area contributed by atoms with Crippen molar-refractivity contribution >= 4 is 11.6 Å². The molecule has 0 aliphatic heterocycles. The van der Waals surface area contributed by atoms with Crippen LogP contribution in [0.2, 0.25) is 5.02 Å². The summed E-state index contributed by atoms with van der Waals surface area (Å²) in [6.45, 7) is -0.199. The highest BCUT2D eigenvalue weighted by Gasteiger charge is 2.31. The molecule has 2 nitrogen and oxygen atoms in total. The van der Waals surface area contributed by atoms with Crippen LogP contribution < -0.4 is 5.73 Å². The third-order valence-corrected chi connectivity index (χ3v) is 1.98. The van der Waals surface area contributed by atoms with Crippen LogP contribution in [0.4, 0.5) is 13.2 Å². The second kappa shape index (κ2) is 3.67. The average Bonchev–Trinajstić information content (AvgIpc) is 2.07. The molecule has 0 aliphatic carbocycles. The van der Waals surface area contributed by atoms with Gasteiger partial charge < -0.3 is 10.8 Å². The summed E-state index contributed by atoms with van der Waals surface area (Å²) in [6.07, 6.45) is -4.48. The van der Waals surface area contributed by atoms with E-state index in [9.17, 15) is 18.3 Å². The molecule has 0 radical (unpaired) electrons. The minimum absolute atomic E-state index is 0.0233. The molecule has 0 heterocycles. The first-order chi connectivity index (χ1) is 6.36. The Morgan fingerprint density at radius 3 is 2.36 bits per heavy atom. The Morgan fingerprint density at radius 2 is 1.93 bits per heavy atom. The number of nitrogens with two attached hydrogens (primary N) is 1. The fourth-order valence-corrected chi connectivity index (χ4v) is 1.21. The van der Waals surface area contributed by atoms with Crippen LogP contribution in [-0.4, -0.2) is 5.11 Å². The summed E-state index contributed by atoms with van der Waals surface area (Å²) >= 11 is 5.40. The standard InChI is InChI=1S/C8H7ClF3NO/c9-6-2-5(8(10,11)12)1-4(3-13)7(6)14/h1-2,14H,3,13H2. The molecule has 14 heavy (non-hydrogen) atoms. The molecule has 0 fully saturated rings. The molecule has 0 saturated carbocycles. The number of aromatic hydroxyl groups is 1. The van der Waals surface area contributed by atoms with Crippen LogP contribution in [0.1, 0.15) is 11.1 Å². The van der Waals surface area contributed by atoms with Crippen LogP contribution in [-0.2, 0) is 12.7 Å². The monoisotopic (exact) mass is 225 g/mol. The summed E-state index contributed by atoms with van der Waals surface area (Å²) in [5.74, 6) is -0.401. The number of halogens is 4. The van der Waals surface area contributed by atoms with E-state index in [4.69, 9.17) is 17.3 Å². The van der Waals surface area contributed by atoms with Gasteiger partial charge in [-0.1, -0.05) is 11.6 Å². The van der Waals surface area contributed by atoms with E-state index in [-0.39, 0.29) is 17.1 Å². The van der Waals surface area contributed by atoms with Crippen LogP contribution >= 0.6 is 11.6 Å². The summed E-state index contributed by atoms with van der Waals surface area (Å²) in [7, 11) is 0. The Balaban J connectivity index is 3.30. The van der Waals surface area contributed by atoms with Gasteiger partial charge in [-0.2, -0.15) is 13.2 Å². The Labute approximate surface area is 83.1 Å². The van der Waals surface area contributed by atoms with Gasteiger partial charge in [0.2, 0.25) is 0 Å². The minimum Gasteiger partial charge on any atom is -0.506 e. The zero-order valence-electron chi connectivity index (χ0n) is 6.90. The molecule has 6 heteroatoms. The number of benzene rings is 1. The lowest BCUT2D eigenvalue weighted by molar-refractivity contribution is -0.137. The van der Waals surface area contributed by atoms with E-state index >= 15 is 0 Å². The Kier molecular flexibility index (Phi) is 2.92. The zero-order chi connectivity index (χ0) is 10.9. The third-order valence-electron chi connectivity index (χ3n) is 1.69. The van der Waals surface area contributed by atoms with Crippen molar-refractivity contribution in [3.63, 3.8) is 0 Å². The molecule has 1 aromatic carbocycles. The molecule has 0 aliphatic rings. The van der Waals surface area contributed by atoms with Crippen LogP contribution in [0.15, 0.2) is 12.1 Å². The number of hydrogen-bond donors (Lipinski definition) is 2. The van der Waals surface area contributed by atoms with Gasteiger partial charge in [-0.25, -0.2) is 0 Å². The van der Waals surface area contributed by atoms with Gasteiger partial charge >= 0.3 is 6.18 Å².